The lowest BCUT2D eigenvalue weighted by Crippen LogP contribution is -2.34. The molecule has 0 radical (unpaired) electrons. The molecule has 0 aliphatic heterocycles. The van der Waals surface area contributed by atoms with Crippen molar-refractivity contribution >= 4 is 23.1 Å². The van der Waals surface area contributed by atoms with Crippen molar-refractivity contribution in [3.05, 3.63) is 28.6 Å². The molecule has 3 N–H and O–H groups in total. The van der Waals surface area contributed by atoms with Gasteiger partial charge >= 0.3 is 6.03 Å². The number of carbonyl (C=O) groups is 1. The number of nitrogens with one attached hydrogen (secondary N) is 1. The summed E-state index contributed by atoms with van der Waals surface area (Å²) in [5.41, 5.74) is -0.501. The maximum atomic E-state index is 11.8. The van der Waals surface area contributed by atoms with Gasteiger partial charge in [0.1, 0.15) is 0 Å². The average molecular weight is 284 g/mol. The molecule has 0 bridgehead atoms. The first kappa shape index (κ1) is 16.0. The summed E-state index contributed by atoms with van der Waals surface area (Å²) in [4.78, 5) is 13.3. The van der Waals surface area contributed by atoms with Crippen LogP contribution in [0.1, 0.15) is 13.8 Å². The van der Waals surface area contributed by atoms with Crippen LogP contribution in [0.15, 0.2) is 18.2 Å². The average Bonchev–Trinajstić information content (AvgIpc) is 2.39. The molecule has 1 aromatic carbocycles. The first-order valence-electron chi connectivity index (χ1n) is 5.92. The van der Waals surface area contributed by atoms with Crippen LogP contribution in [0, 0.1) is 10.4 Å². The van der Waals surface area contributed by atoms with Gasteiger partial charge in [0.15, 0.2) is 0 Å². The fourth-order valence-corrected chi connectivity index (χ4v) is 1.60. The summed E-state index contributed by atoms with van der Waals surface area (Å²) in [6.07, 6.45) is 0. The highest BCUT2D eigenvalue weighted by Gasteiger charge is 2.11. The van der Waals surface area contributed by atoms with E-state index in [4.69, 9.17) is 10.4 Å². The quantitative estimate of drug-likeness (QED) is 0.705. The molecule has 0 spiro atoms. The molecule has 0 heterocycles. The molecule has 0 fully saturated rings. The third-order valence-corrected chi connectivity index (χ3v) is 2.65. The van der Waals surface area contributed by atoms with Gasteiger partial charge in [-0.2, -0.15) is 0 Å². The standard InChI is InChI=1S/C11H16N4O5/c1-3-13(4-2)11(16)12-8-5-9(14(17)18)7-10(6-8)15(19)20/h5-7,17-18H,3-4H2,1-2H3,(H,12,16)/q-2. The lowest BCUT2D eigenvalue weighted by molar-refractivity contribution is 0.0292. The molecule has 1 aromatic rings. The molecular weight excluding hydrogens is 268 g/mol. The second kappa shape index (κ2) is 6.91. The van der Waals surface area contributed by atoms with Gasteiger partial charge in [-0.15, -0.1) is 5.23 Å². The second-order valence-corrected chi connectivity index (χ2v) is 3.89. The summed E-state index contributed by atoms with van der Waals surface area (Å²) in [5.74, 6) is 0. The summed E-state index contributed by atoms with van der Waals surface area (Å²) in [6.45, 7) is 4.56. The minimum Gasteiger partial charge on any atom is -0.769 e. The van der Waals surface area contributed by atoms with Crippen molar-refractivity contribution in [1.82, 2.24) is 4.90 Å². The van der Waals surface area contributed by atoms with Crippen molar-refractivity contribution in [2.45, 2.75) is 13.8 Å². The van der Waals surface area contributed by atoms with Crippen LogP contribution in [0.5, 0.6) is 0 Å². The van der Waals surface area contributed by atoms with Gasteiger partial charge in [0, 0.05) is 24.5 Å². The first-order valence-corrected chi connectivity index (χ1v) is 5.92. The highest BCUT2D eigenvalue weighted by molar-refractivity contribution is 5.90. The van der Waals surface area contributed by atoms with Crippen molar-refractivity contribution in [3.8, 4) is 0 Å². The summed E-state index contributed by atoms with van der Waals surface area (Å²) in [6, 6.07) is 2.87. The van der Waals surface area contributed by atoms with Gasteiger partial charge in [-0.1, -0.05) is 0 Å². The lowest BCUT2D eigenvalue weighted by atomic mass is 10.2. The molecule has 0 aliphatic carbocycles. The zero-order chi connectivity index (χ0) is 15.3. The predicted molar refractivity (Wildman–Crippen MR) is 73.6 cm³/mol. The van der Waals surface area contributed by atoms with E-state index in [-0.39, 0.29) is 22.3 Å². The zero-order valence-corrected chi connectivity index (χ0v) is 11.1. The van der Waals surface area contributed by atoms with Gasteiger partial charge in [-0.3, -0.25) is 10.4 Å². The van der Waals surface area contributed by atoms with E-state index in [1.165, 1.54) is 11.0 Å². The van der Waals surface area contributed by atoms with Crippen LogP contribution in [0.4, 0.5) is 21.9 Å². The maximum Gasteiger partial charge on any atom is 0.321 e. The number of amides is 2. The number of carbonyl (C=O) groups excluding carboxylic acids is 1. The molecular formula is C11H16N4O5-2. The Morgan fingerprint density at radius 2 is 1.70 bits per heavy atom. The Balaban J connectivity index is 3.02. The lowest BCUT2D eigenvalue weighted by Gasteiger charge is -2.38. The SMILES string of the molecule is CCN(CC)C(=O)Nc1cc(N([O-])[O-])cc(N(O)O)c1. The van der Waals surface area contributed by atoms with Gasteiger partial charge in [0.25, 0.3) is 0 Å². The second-order valence-electron chi connectivity index (χ2n) is 3.89. The van der Waals surface area contributed by atoms with E-state index >= 15 is 0 Å². The molecule has 0 unspecified atom stereocenters. The molecule has 0 saturated carbocycles. The zero-order valence-electron chi connectivity index (χ0n) is 11.1. The van der Waals surface area contributed by atoms with Gasteiger partial charge in [-0.25, -0.2) is 4.79 Å². The number of urea groups is 1. The third kappa shape index (κ3) is 3.96. The van der Waals surface area contributed by atoms with Crippen LogP contribution < -0.4 is 15.8 Å². The summed E-state index contributed by atoms with van der Waals surface area (Å²) < 4.78 is 0. The Morgan fingerprint density at radius 3 is 2.15 bits per heavy atom. The topological polar surface area (TPSA) is 125 Å². The van der Waals surface area contributed by atoms with Gasteiger partial charge in [0.05, 0.1) is 5.69 Å². The molecule has 2 amide bonds. The smallest absolute Gasteiger partial charge is 0.321 e. The van der Waals surface area contributed by atoms with Crippen molar-refractivity contribution in [2.24, 2.45) is 0 Å². The summed E-state index contributed by atoms with van der Waals surface area (Å²) in [7, 11) is 0. The van der Waals surface area contributed by atoms with E-state index in [0.717, 1.165) is 12.1 Å². The molecule has 0 aliphatic rings. The van der Waals surface area contributed by atoms with E-state index in [1.54, 1.807) is 13.8 Å². The van der Waals surface area contributed by atoms with Crippen LogP contribution in [-0.2, 0) is 0 Å². The number of anilines is 3. The van der Waals surface area contributed by atoms with Crippen molar-refractivity contribution in [1.29, 1.82) is 0 Å². The van der Waals surface area contributed by atoms with Crippen LogP contribution >= 0.6 is 0 Å². The predicted octanol–water partition coefficient (Wildman–Crippen LogP) is 1.95. The minimum absolute atomic E-state index is 0.0965. The van der Waals surface area contributed by atoms with E-state index in [1.807, 2.05) is 0 Å². The first-order chi connectivity index (χ1) is 9.38. The summed E-state index contributed by atoms with van der Waals surface area (Å²) in [5, 5.41) is 40.9. The number of nitrogens with zero attached hydrogens (tertiary/aromatic N) is 3. The number of hydrogen-bond acceptors (Lipinski definition) is 7. The molecule has 9 heteroatoms. The van der Waals surface area contributed by atoms with E-state index in [0.29, 0.717) is 13.1 Å². The summed E-state index contributed by atoms with van der Waals surface area (Å²) >= 11 is 0. The Kier molecular flexibility index (Phi) is 5.53. The number of rotatable bonds is 5. The molecule has 1 rings (SSSR count). The monoisotopic (exact) mass is 284 g/mol. The largest absolute Gasteiger partial charge is 0.769 e. The van der Waals surface area contributed by atoms with Gasteiger partial charge < -0.3 is 25.9 Å². The Hall–Kier alpha value is -2.07. The van der Waals surface area contributed by atoms with E-state index < -0.39 is 11.3 Å². The van der Waals surface area contributed by atoms with Gasteiger partial charge in [0.2, 0.25) is 0 Å². The molecule has 0 aromatic heterocycles. The minimum atomic E-state index is -0.694. The Morgan fingerprint density at radius 1 is 1.15 bits per heavy atom. The van der Waals surface area contributed by atoms with Crippen LogP contribution in [0.2, 0.25) is 0 Å². The molecule has 0 saturated heterocycles. The number of benzene rings is 1. The fraction of sp³-hybridized carbons (Fsp3) is 0.364. The molecule has 9 nitrogen and oxygen atoms in total. The van der Waals surface area contributed by atoms with Crippen LogP contribution in [0.25, 0.3) is 0 Å². The Labute approximate surface area is 115 Å². The van der Waals surface area contributed by atoms with Crippen molar-refractivity contribution in [2.75, 3.05) is 28.9 Å². The molecule has 112 valence electrons. The highest BCUT2D eigenvalue weighted by atomic mass is 16.8. The van der Waals surface area contributed by atoms with E-state index in [9.17, 15) is 15.2 Å². The normalized spacial score (nSPS) is 10.1. The van der Waals surface area contributed by atoms with Crippen molar-refractivity contribution in [3.63, 3.8) is 0 Å². The molecule has 20 heavy (non-hydrogen) atoms. The fourth-order valence-electron chi connectivity index (χ4n) is 1.60. The third-order valence-electron chi connectivity index (χ3n) is 2.65. The maximum absolute atomic E-state index is 11.8. The highest BCUT2D eigenvalue weighted by Crippen LogP contribution is 2.26. The van der Waals surface area contributed by atoms with E-state index in [2.05, 4.69) is 5.32 Å². The molecule has 0 atom stereocenters. The van der Waals surface area contributed by atoms with Gasteiger partial charge in [-0.05, 0) is 32.0 Å². The van der Waals surface area contributed by atoms with Crippen molar-refractivity contribution < 1.29 is 15.2 Å². The van der Waals surface area contributed by atoms with Crippen LogP contribution in [0.3, 0.4) is 0 Å². The van der Waals surface area contributed by atoms with Crippen LogP contribution in [-0.4, -0.2) is 34.4 Å². The Bertz CT molecular complexity index is 436. The number of hydrogen-bond donors (Lipinski definition) is 3.